The van der Waals surface area contributed by atoms with Crippen molar-refractivity contribution < 1.29 is 4.79 Å². The summed E-state index contributed by atoms with van der Waals surface area (Å²) in [5.74, 6) is 6.84. The van der Waals surface area contributed by atoms with Gasteiger partial charge in [0.1, 0.15) is 6.29 Å². The van der Waals surface area contributed by atoms with Crippen LogP contribution in [0.15, 0.2) is 29.2 Å². The van der Waals surface area contributed by atoms with Crippen molar-refractivity contribution in [2.75, 3.05) is 5.75 Å². The highest BCUT2D eigenvalue weighted by molar-refractivity contribution is 7.99. The normalized spacial score (nSPS) is 8.93. The van der Waals surface area contributed by atoms with Gasteiger partial charge >= 0.3 is 0 Å². The van der Waals surface area contributed by atoms with Gasteiger partial charge < -0.3 is 0 Å². The first-order valence-electron chi connectivity index (χ1n) is 4.44. The van der Waals surface area contributed by atoms with E-state index >= 15 is 0 Å². The van der Waals surface area contributed by atoms with Crippen LogP contribution >= 0.6 is 11.8 Å². The fourth-order valence-electron chi connectivity index (χ4n) is 1.02. The van der Waals surface area contributed by atoms with E-state index in [1.165, 1.54) is 0 Å². The minimum Gasteiger partial charge on any atom is -0.298 e. The smallest absolute Gasteiger partial charge is 0.150 e. The van der Waals surface area contributed by atoms with E-state index in [2.05, 4.69) is 11.8 Å². The van der Waals surface area contributed by atoms with Crippen LogP contribution in [0.1, 0.15) is 23.7 Å². The lowest BCUT2D eigenvalue weighted by molar-refractivity contribution is 0.112. The molecule has 1 aromatic rings. The molecule has 0 radical (unpaired) electrons. The Balaban J connectivity index is 2.48. The predicted octanol–water partition coefficient (Wildman–Crippen LogP) is 3.00. The highest BCUT2D eigenvalue weighted by Gasteiger charge is 1.94. The number of thioether (sulfide) groups is 1. The second-order valence-electron chi connectivity index (χ2n) is 2.72. The summed E-state index contributed by atoms with van der Waals surface area (Å²) in [6.07, 6.45) is 1.77. The van der Waals surface area contributed by atoms with Gasteiger partial charge in [0.05, 0.1) is 0 Å². The Morgan fingerprint density at radius 2 is 2.36 bits per heavy atom. The highest BCUT2D eigenvalue weighted by Crippen LogP contribution is 2.18. The maximum Gasteiger partial charge on any atom is 0.150 e. The fourth-order valence-corrected chi connectivity index (χ4v) is 1.86. The molecule has 1 aromatic carbocycles. The summed E-state index contributed by atoms with van der Waals surface area (Å²) in [5, 5.41) is 0. The summed E-state index contributed by atoms with van der Waals surface area (Å²) in [7, 11) is 0. The fraction of sp³-hybridized carbons (Fsp3) is 0.250. The van der Waals surface area contributed by atoms with Gasteiger partial charge in [0.25, 0.3) is 0 Å². The summed E-state index contributed by atoms with van der Waals surface area (Å²) < 4.78 is 0. The molecule has 1 rings (SSSR count). The second-order valence-corrected chi connectivity index (χ2v) is 3.88. The van der Waals surface area contributed by atoms with Gasteiger partial charge in [-0.05, 0) is 19.1 Å². The Kier molecular flexibility index (Phi) is 4.88. The molecule has 0 unspecified atom stereocenters. The topological polar surface area (TPSA) is 17.1 Å². The Morgan fingerprint density at radius 3 is 3.07 bits per heavy atom. The van der Waals surface area contributed by atoms with E-state index in [0.717, 1.165) is 28.9 Å². The van der Waals surface area contributed by atoms with Crippen LogP contribution in [-0.2, 0) is 0 Å². The molecule has 0 saturated carbocycles. The average molecular weight is 204 g/mol. The van der Waals surface area contributed by atoms with Crippen molar-refractivity contribution in [1.82, 2.24) is 0 Å². The first kappa shape index (κ1) is 10.9. The molecule has 0 aliphatic carbocycles. The van der Waals surface area contributed by atoms with E-state index in [9.17, 15) is 4.79 Å². The van der Waals surface area contributed by atoms with Gasteiger partial charge in [-0.15, -0.1) is 23.6 Å². The predicted molar refractivity (Wildman–Crippen MR) is 60.6 cm³/mol. The lowest BCUT2D eigenvalue weighted by atomic mass is 10.2. The minimum absolute atomic E-state index is 0.733. The molecule has 0 bridgehead atoms. The summed E-state index contributed by atoms with van der Waals surface area (Å²) in [5.41, 5.74) is 0.733. The van der Waals surface area contributed by atoms with E-state index < -0.39 is 0 Å². The number of carbonyl (C=O) groups is 1. The average Bonchev–Trinajstić information content (AvgIpc) is 2.25. The van der Waals surface area contributed by atoms with Crippen molar-refractivity contribution in [2.45, 2.75) is 18.2 Å². The standard InChI is InChI=1S/C12H12OS/c1-2-3-4-8-14-12-7-5-6-11(9-12)10-13/h5-7,9-10H,4,8H2,1H3. The van der Waals surface area contributed by atoms with Gasteiger partial charge in [0.2, 0.25) is 0 Å². The van der Waals surface area contributed by atoms with Crippen molar-refractivity contribution in [1.29, 1.82) is 0 Å². The quantitative estimate of drug-likeness (QED) is 0.324. The lowest BCUT2D eigenvalue weighted by Gasteiger charge is -1.98. The number of hydrogen-bond acceptors (Lipinski definition) is 2. The summed E-state index contributed by atoms with van der Waals surface area (Å²) >= 11 is 1.73. The molecule has 1 nitrogen and oxygen atoms in total. The van der Waals surface area contributed by atoms with Crippen LogP contribution in [0.2, 0.25) is 0 Å². The summed E-state index contributed by atoms with van der Waals surface area (Å²) in [6, 6.07) is 7.62. The monoisotopic (exact) mass is 204 g/mol. The third kappa shape index (κ3) is 3.68. The van der Waals surface area contributed by atoms with E-state index in [1.807, 2.05) is 31.2 Å². The zero-order chi connectivity index (χ0) is 10.2. The molecule has 0 aromatic heterocycles. The highest BCUT2D eigenvalue weighted by atomic mass is 32.2. The van der Waals surface area contributed by atoms with E-state index in [1.54, 1.807) is 11.8 Å². The molecule has 2 heteroatoms. The molecule has 14 heavy (non-hydrogen) atoms. The Hall–Kier alpha value is -1.20. The van der Waals surface area contributed by atoms with Crippen LogP contribution < -0.4 is 0 Å². The van der Waals surface area contributed by atoms with Crippen LogP contribution in [0, 0.1) is 11.8 Å². The largest absolute Gasteiger partial charge is 0.298 e. The third-order valence-electron chi connectivity index (χ3n) is 1.67. The van der Waals surface area contributed by atoms with Crippen LogP contribution in [0.25, 0.3) is 0 Å². The lowest BCUT2D eigenvalue weighted by Crippen LogP contribution is -1.81. The molecular weight excluding hydrogens is 192 g/mol. The van der Waals surface area contributed by atoms with Gasteiger partial charge in [0, 0.05) is 22.6 Å². The van der Waals surface area contributed by atoms with Gasteiger partial charge in [-0.3, -0.25) is 4.79 Å². The van der Waals surface area contributed by atoms with Gasteiger partial charge in [-0.2, -0.15) is 0 Å². The Bertz CT molecular complexity index is 360. The molecule has 0 heterocycles. The van der Waals surface area contributed by atoms with Crippen molar-refractivity contribution in [3.05, 3.63) is 29.8 Å². The molecule has 0 saturated heterocycles. The number of carbonyl (C=O) groups excluding carboxylic acids is 1. The van der Waals surface area contributed by atoms with E-state index in [-0.39, 0.29) is 0 Å². The number of rotatable bonds is 4. The zero-order valence-electron chi connectivity index (χ0n) is 8.12. The number of hydrogen-bond donors (Lipinski definition) is 0. The zero-order valence-corrected chi connectivity index (χ0v) is 8.93. The molecule has 0 aliphatic heterocycles. The molecule has 0 spiro atoms. The summed E-state index contributed by atoms with van der Waals surface area (Å²) in [6.45, 7) is 1.84. The van der Waals surface area contributed by atoms with Crippen molar-refractivity contribution in [3.63, 3.8) is 0 Å². The van der Waals surface area contributed by atoms with Crippen molar-refractivity contribution in [3.8, 4) is 11.8 Å². The Labute approximate surface area is 88.9 Å². The van der Waals surface area contributed by atoms with E-state index in [0.29, 0.717) is 0 Å². The molecule has 0 N–H and O–H groups in total. The first-order chi connectivity index (χ1) is 6.86. The summed E-state index contributed by atoms with van der Waals surface area (Å²) in [4.78, 5) is 11.6. The van der Waals surface area contributed by atoms with Crippen molar-refractivity contribution in [2.24, 2.45) is 0 Å². The number of aldehydes is 1. The molecular formula is C12H12OS. The maximum atomic E-state index is 10.5. The number of benzene rings is 1. The van der Waals surface area contributed by atoms with Crippen molar-refractivity contribution >= 4 is 18.0 Å². The first-order valence-corrected chi connectivity index (χ1v) is 5.43. The molecule has 72 valence electrons. The molecule has 0 atom stereocenters. The van der Waals surface area contributed by atoms with E-state index in [4.69, 9.17) is 0 Å². The van der Waals surface area contributed by atoms with Gasteiger partial charge in [0.15, 0.2) is 0 Å². The van der Waals surface area contributed by atoms with Gasteiger partial charge in [-0.1, -0.05) is 12.1 Å². The van der Waals surface area contributed by atoms with Crippen LogP contribution in [0.4, 0.5) is 0 Å². The minimum atomic E-state index is 0.733. The second kappa shape index (κ2) is 6.28. The molecule has 0 aliphatic rings. The Morgan fingerprint density at radius 1 is 1.50 bits per heavy atom. The third-order valence-corrected chi connectivity index (χ3v) is 2.66. The van der Waals surface area contributed by atoms with Gasteiger partial charge in [-0.25, -0.2) is 0 Å². The molecule has 0 fully saturated rings. The van der Waals surface area contributed by atoms with Crippen LogP contribution in [-0.4, -0.2) is 12.0 Å². The van der Waals surface area contributed by atoms with Crippen LogP contribution in [0.3, 0.4) is 0 Å². The molecule has 0 amide bonds. The SMILES string of the molecule is CC#CCCSc1cccc(C=O)c1. The maximum absolute atomic E-state index is 10.5. The van der Waals surface area contributed by atoms with Crippen LogP contribution in [0.5, 0.6) is 0 Å².